The molecule has 0 spiro atoms. The van der Waals surface area contributed by atoms with Gasteiger partial charge in [0, 0.05) is 11.6 Å². The van der Waals surface area contributed by atoms with Crippen LogP contribution in [0.15, 0.2) is 41.3 Å². The van der Waals surface area contributed by atoms with E-state index in [0.717, 1.165) is 50.3 Å². The Morgan fingerprint density at radius 2 is 1.68 bits per heavy atom. The van der Waals surface area contributed by atoms with Crippen molar-refractivity contribution in [3.63, 3.8) is 0 Å². The monoisotopic (exact) mass is 408 g/mol. The van der Waals surface area contributed by atoms with E-state index in [0.29, 0.717) is 5.56 Å². The number of halogens is 2. The summed E-state index contributed by atoms with van der Waals surface area (Å²) in [6.45, 7) is 1.70. The third-order valence-corrected chi connectivity index (χ3v) is 6.25. The molecule has 0 atom stereocenters. The molecule has 0 radical (unpaired) electrons. The zero-order valence-corrected chi connectivity index (χ0v) is 16.3. The van der Waals surface area contributed by atoms with Crippen molar-refractivity contribution in [2.45, 2.75) is 50.0 Å². The molecular weight excluding hydrogens is 386 g/mol. The Morgan fingerprint density at radius 1 is 1.04 bits per heavy atom. The Labute approximate surface area is 163 Å². The summed E-state index contributed by atoms with van der Waals surface area (Å²) in [5.41, 5.74) is 0.0862. The van der Waals surface area contributed by atoms with E-state index >= 15 is 0 Å². The second-order valence-electron chi connectivity index (χ2n) is 6.99. The standard InChI is InChI=1S/C20H22F2N2O3S/c1-13-10-11-15(12-16(13)20(25)23-14-6-3-2-4-7-14)28(26,27)24-19-17(21)8-5-9-18(19)22/h5,8-12,14,24H,2-4,6-7H2,1H3,(H,23,25). The number of benzene rings is 2. The highest BCUT2D eigenvalue weighted by molar-refractivity contribution is 7.92. The number of nitrogens with one attached hydrogen (secondary N) is 2. The third kappa shape index (κ3) is 4.49. The highest BCUT2D eigenvalue weighted by Gasteiger charge is 2.23. The van der Waals surface area contributed by atoms with Crippen molar-refractivity contribution in [1.82, 2.24) is 5.32 Å². The molecule has 3 rings (SSSR count). The molecule has 0 unspecified atom stereocenters. The Morgan fingerprint density at radius 3 is 2.32 bits per heavy atom. The van der Waals surface area contributed by atoms with E-state index < -0.39 is 27.3 Å². The van der Waals surface area contributed by atoms with Crippen LogP contribution in [0.3, 0.4) is 0 Å². The van der Waals surface area contributed by atoms with Gasteiger partial charge in [-0.1, -0.05) is 31.4 Å². The smallest absolute Gasteiger partial charge is 0.262 e. The first-order valence-corrected chi connectivity index (χ1v) is 10.6. The summed E-state index contributed by atoms with van der Waals surface area (Å²) in [6.07, 6.45) is 5.05. The first-order chi connectivity index (χ1) is 13.3. The minimum absolute atomic E-state index is 0.0755. The highest BCUT2D eigenvalue weighted by atomic mass is 32.2. The van der Waals surface area contributed by atoms with Crippen molar-refractivity contribution in [2.75, 3.05) is 4.72 Å². The molecule has 0 aliphatic heterocycles. The maximum absolute atomic E-state index is 13.8. The SMILES string of the molecule is Cc1ccc(S(=O)(=O)Nc2c(F)cccc2F)cc1C(=O)NC1CCCCC1. The molecule has 0 bridgehead atoms. The summed E-state index contributed by atoms with van der Waals surface area (Å²) in [4.78, 5) is 12.4. The molecule has 0 saturated heterocycles. The van der Waals surface area contributed by atoms with Crippen LogP contribution in [0.5, 0.6) is 0 Å². The van der Waals surface area contributed by atoms with E-state index in [9.17, 15) is 22.0 Å². The van der Waals surface area contributed by atoms with Gasteiger partial charge in [-0.05, 0) is 49.6 Å². The lowest BCUT2D eigenvalue weighted by molar-refractivity contribution is 0.0927. The average molecular weight is 408 g/mol. The molecule has 1 amide bonds. The van der Waals surface area contributed by atoms with E-state index in [1.54, 1.807) is 6.92 Å². The van der Waals surface area contributed by atoms with Crippen molar-refractivity contribution in [1.29, 1.82) is 0 Å². The van der Waals surface area contributed by atoms with Crippen LogP contribution in [-0.4, -0.2) is 20.4 Å². The predicted molar refractivity (Wildman–Crippen MR) is 103 cm³/mol. The van der Waals surface area contributed by atoms with Crippen molar-refractivity contribution >= 4 is 21.6 Å². The second kappa shape index (κ2) is 8.26. The van der Waals surface area contributed by atoms with E-state index in [2.05, 4.69) is 5.32 Å². The summed E-state index contributed by atoms with van der Waals surface area (Å²) < 4.78 is 54.7. The maximum atomic E-state index is 13.8. The highest BCUT2D eigenvalue weighted by Crippen LogP contribution is 2.24. The molecule has 1 aliphatic carbocycles. The van der Waals surface area contributed by atoms with Gasteiger partial charge in [-0.3, -0.25) is 9.52 Å². The fraction of sp³-hybridized carbons (Fsp3) is 0.350. The van der Waals surface area contributed by atoms with Gasteiger partial charge in [0.25, 0.3) is 15.9 Å². The van der Waals surface area contributed by atoms with Gasteiger partial charge in [-0.25, -0.2) is 17.2 Å². The first-order valence-electron chi connectivity index (χ1n) is 9.16. The van der Waals surface area contributed by atoms with Gasteiger partial charge in [0.1, 0.15) is 17.3 Å². The molecule has 2 aromatic carbocycles. The van der Waals surface area contributed by atoms with Crippen LogP contribution in [0.25, 0.3) is 0 Å². The molecule has 0 heterocycles. The molecule has 2 aromatic rings. The number of amides is 1. The van der Waals surface area contributed by atoms with Gasteiger partial charge in [0.05, 0.1) is 4.90 Å². The number of aryl methyl sites for hydroxylation is 1. The largest absolute Gasteiger partial charge is 0.349 e. The Hall–Kier alpha value is -2.48. The second-order valence-corrected chi connectivity index (χ2v) is 8.67. The molecular formula is C20H22F2N2O3S. The summed E-state index contributed by atoms with van der Waals surface area (Å²) >= 11 is 0. The number of para-hydroxylation sites is 1. The van der Waals surface area contributed by atoms with Crippen molar-refractivity contribution < 1.29 is 22.0 Å². The topological polar surface area (TPSA) is 75.3 Å². The predicted octanol–water partition coefficient (Wildman–Crippen LogP) is 4.14. The first kappa shape index (κ1) is 20.3. The van der Waals surface area contributed by atoms with E-state index in [-0.39, 0.29) is 22.4 Å². The Kier molecular flexibility index (Phi) is 5.98. The molecule has 150 valence electrons. The van der Waals surface area contributed by atoms with Crippen molar-refractivity contribution in [3.05, 3.63) is 59.2 Å². The summed E-state index contributed by atoms with van der Waals surface area (Å²) in [5.74, 6) is -2.39. The number of sulfonamides is 1. The van der Waals surface area contributed by atoms with Gasteiger partial charge >= 0.3 is 0 Å². The fourth-order valence-electron chi connectivity index (χ4n) is 3.31. The van der Waals surface area contributed by atoms with Gasteiger partial charge in [-0.15, -0.1) is 0 Å². The summed E-state index contributed by atoms with van der Waals surface area (Å²) in [6, 6.07) is 7.16. The molecule has 2 N–H and O–H groups in total. The van der Waals surface area contributed by atoms with Crippen LogP contribution in [0.4, 0.5) is 14.5 Å². The van der Waals surface area contributed by atoms with Crippen LogP contribution < -0.4 is 10.0 Å². The fourth-order valence-corrected chi connectivity index (χ4v) is 4.41. The van der Waals surface area contributed by atoms with Crippen LogP contribution in [0, 0.1) is 18.6 Å². The van der Waals surface area contributed by atoms with E-state index in [1.165, 1.54) is 18.2 Å². The number of carbonyl (C=O) groups is 1. The molecule has 1 fully saturated rings. The lowest BCUT2D eigenvalue weighted by Gasteiger charge is -2.23. The number of hydrogen-bond donors (Lipinski definition) is 2. The van der Waals surface area contributed by atoms with Crippen LogP contribution >= 0.6 is 0 Å². The lowest BCUT2D eigenvalue weighted by atomic mass is 9.95. The van der Waals surface area contributed by atoms with Gasteiger partial charge < -0.3 is 5.32 Å². The molecule has 8 heteroatoms. The molecule has 1 aliphatic rings. The molecule has 28 heavy (non-hydrogen) atoms. The van der Waals surface area contributed by atoms with Crippen LogP contribution in [0.1, 0.15) is 48.0 Å². The summed E-state index contributed by atoms with van der Waals surface area (Å²) in [5, 5.41) is 2.95. The third-order valence-electron chi connectivity index (χ3n) is 4.90. The minimum Gasteiger partial charge on any atom is -0.349 e. The number of hydrogen-bond acceptors (Lipinski definition) is 3. The number of rotatable bonds is 5. The molecule has 5 nitrogen and oxygen atoms in total. The quantitative estimate of drug-likeness (QED) is 0.781. The zero-order chi connectivity index (χ0) is 20.3. The van der Waals surface area contributed by atoms with Gasteiger partial charge in [0.2, 0.25) is 0 Å². The van der Waals surface area contributed by atoms with Crippen LogP contribution in [0.2, 0.25) is 0 Å². The minimum atomic E-state index is -4.27. The zero-order valence-electron chi connectivity index (χ0n) is 15.5. The lowest BCUT2D eigenvalue weighted by Crippen LogP contribution is -2.36. The molecule has 1 saturated carbocycles. The van der Waals surface area contributed by atoms with E-state index in [1.807, 2.05) is 4.72 Å². The van der Waals surface area contributed by atoms with Crippen molar-refractivity contribution in [3.8, 4) is 0 Å². The average Bonchev–Trinajstić information content (AvgIpc) is 2.66. The summed E-state index contributed by atoms with van der Waals surface area (Å²) in [7, 11) is -4.27. The Bertz CT molecular complexity index is 967. The number of anilines is 1. The van der Waals surface area contributed by atoms with Crippen LogP contribution in [-0.2, 0) is 10.0 Å². The van der Waals surface area contributed by atoms with Crippen molar-refractivity contribution in [2.24, 2.45) is 0 Å². The number of carbonyl (C=O) groups excluding carboxylic acids is 1. The normalized spacial score (nSPS) is 15.2. The van der Waals surface area contributed by atoms with Gasteiger partial charge in [-0.2, -0.15) is 0 Å². The van der Waals surface area contributed by atoms with E-state index in [4.69, 9.17) is 0 Å². The molecule has 0 aromatic heterocycles. The van der Waals surface area contributed by atoms with Gasteiger partial charge in [0.15, 0.2) is 0 Å². The Balaban J connectivity index is 1.86. The maximum Gasteiger partial charge on any atom is 0.262 e.